The highest BCUT2D eigenvalue weighted by Gasteiger charge is 2.16. The van der Waals surface area contributed by atoms with Gasteiger partial charge in [0, 0.05) is 26.3 Å². The van der Waals surface area contributed by atoms with Crippen LogP contribution in [0, 0.1) is 0 Å². The standard InChI is InChI=1S/C12H21NO2.C11H14N2O.C2H6.C2H4/c1-5-6-7-11(10(2)14)8-12(13-3)9-15-4;1-7(2)10-6-11(13-12-10)8-3-4-9(14)5-8;2*1-2/h8H,5-7,9H2,1-4H3;5-7H,3-4H2,1-2H3,(H,12,13);1-2H3;1-2H2/b11-8+,13-12?;;;. The summed E-state index contributed by atoms with van der Waals surface area (Å²) < 4.78 is 4.99. The van der Waals surface area contributed by atoms with Gasteiger partial charge in [0.2, 0.25) is 0 Å². The van der Waals surface area contributed by atoms with Gasteiger partial charge in [-0.25, -0.2) is 0 Å². The molecule has 186 valence electrons. The molecule has 1 aromatic rings. The number of methoxy groups -OCH3 is 1. The molecular formula is C27H45N3O3. The maximum atomic E-state index is 11.3. The van der Waals surface area contributed by atoms with Crippen LogP contribution in [-0.4, -0.2) is 48.2 Å². The van der Waals surface area contributed by atoms with Crippen molar-refractivity contribution in [2.75, 3.05) is 20.8 Å². The lowest BCUT2D eigenvalue weighted by Crippen LogP contribution is -2.07. The molecule has 1 heterocycles. The zero-order valence-electron chi connectivity index (χ0n) is 22.1. The number of carbonyl (C=O) groups excluding carboxylic acids is 2. The molecule has 0 amide bonds. The Morgan fingerprint density at radius 1 is 1.30 bits per heavy atom. The zero-order chi connectivity index (χ0) is 25.8. The molecule has 0 fully saturated rings. The highest BCUT2D eigenvalue weighted by Crippen LogP contribution is 2.26. The van der Waals surface area contributed by atoms with Crippen LogP contribution < -0.4 is 0 Å². The van der Waals surface area contributed by atoms with Crippen molar-refractivity contribution < 1.29 is 14.3 Å². The van der Waals surface area contributed by atoms with Crippen molar-refractivity contribution in [2.24, 2.45) is 4.99 Å². The second-order valence-electron chi connectivity index (χ2n) is 7.48. The molecule has 0 aromatic carbocycles. The van der Waals surface area contributed by atoms with E-state index in [1.165, 1.54) is 0 Å². The van der Waals surface area contributed by atoms with E-state index in [1.54, 1.807) is 27.2 Å². The smallest absolute Gasteiger partial charge is 0.156 e. The molecule has 33 heavy (non-hydrogen) atoms. The van der Waals surface area contributed by atoms with Gasteiger partial charge >= 0.3 is 0 Å². The molecule has 0 saturated carbocycles. The summed E-state index contributed by atoms with van der Waals surface area (Å²) in [4.78, 5) is 26.5. The number of nitrogens with zero attached hydrogens (tertiary/aromatic N) is 2. The zero-order valence-corrected chi connectivity index (χ0v) is 22.1. The highest BCUT2D eigenvalue weighted by molar-refractivity contribution is 6.04. The topological polar surface area (TPSA) is 84.4 Å². The molecule has 0 radical (unpaired) electrons. The molecule has 0 spiro atoms. The van der Waals surface area contributed by atoms with Crippen molar-refractivity contribution in [1.82, 2.24) is 10.2 Å². The Morgan fingerprint density at radius 3 is 2.33 bits per heavy atom. The first-order chi connectivity index (χ1) is 15.8. The lowest BCUT2D eigenvalue weighted by atomic mass is 10.0. The van der Waals surface area contributed by atoms with E-state index in [4.69, 9.17) is 4.74 Å². The van der Waals surface area contributed by atoms with Crippen molar-refractivity contribution in [3.8, 4) is 0 Å². The van der Waals surface area contributed by atoms with E-state index < -0.39 is 0 Å². The molecule has 6 nitrogen and oxygen atoms in total. The SMILES string of the molecule is C=C.CC.CC(C)c1cc(C2=CC(=O)CC2)n[nH]1.CCCC/C(=C\C(COC)=NC)C(C)=O. The van der Waals surface area contributed by atoms with Gasteiger partial charge in [0.15, 0.2) is 11.6 Å². The lowest BCUT2D eigenvalue weighted by molar-refractivity contribution is -0.114. The van der Waals surface area contributed by atoms with E-state index in [-0.39, 0.29) is 11.6 Å². The summed E-state index contributed by atoms with van der Waals surface area (Å²) in [5.41, 5.74) is 4.78. The van der Waals surface area contributed by atoms with Crippen molar-refractivity contribution in [1.29, 1.82) is 0 Å². The second-order valence-corrected chi connectivity index (χ2v) is 7.48. The summed E-state index contributed by atoms with van der Waals surface area (Å²) in [6, 6.07) is 2.04. The summed E-state index contributed by atoms with van der Waals surface area (Å²) in [7, 11) is 3.33. The predicted molar refractivity (Wildman–Crippen MR) is 141 cm³/mol. The molecule has 0 atom stereocenters. The van der Waals surface area contributed by atoms with Crippen LogP contribution in [0.3, 0.4) is 0 Å². The maximum absolute atomic E-state index is 11.3. The number of ether oxygens (including phenoxy) is 1. The maximum Gasteiger partial charge on any atom is 0.156 e. The predicted octanol–water partition coefficient (Wildman–Crippen LogP) is 6.52. The van der Waals surface area contributed by atoms with E-state index in [1.807, 2.05) is 26.0 Å². The molecule has 0 aliphatic heterocycles. The molecule has 6 heteroatoms. The van der Waals surface area contributed by atoms with Crippen LogP contribution in [0.5, 0.6) is 0 Å². The van der Waals surface area contributed by atoms with Gasteiger partial charge in [-0.15, -0.1) is 13.2 Å². The van der Waals surface area contributed by atoms with Crippen molar-refractivity contribution in [3.63, 3.8) is 0 Å². The third kappa shape index (κ3) is 13.5. The fourth-order valence-electron chi connectivity index (χ4n) is 2.83. The normalized spacial score (nSPS) is 13.2. The number of hydrogen-bond donors (Lipinski definition) is 1. The number of rotatable bonds is 9. The average molecular weight is 460 g/mol. The van der Waals surface area contributed by atoms with Crippen molar-refractivity contribution >= 4 is 22.9 Å². The van der Waals surface area contributed by atoms with Gasteiger partial charge in [-0.2, -0.15) is 5.10 Å². The molecular weight excluding hydrogens is 414 g/mol. The van der Waals surface area contributed by atoms with Crippen LogP contribution >= 0.6 is 0 Å². The number of carbonyl (C=O) groups is 2. The quantitative estimate of drug-likeness (QED) is 0.259. The third-order valence-electron chi connectivity index (χ3n) is 4.70. The number of aromatic nitrogens is 2. The third-order valence-corrected chi connectivity index (χ3v) is 4.70. The van der Waals surface area contributed by atoms with Crippen LogP contribution in [0.1, 0.15) is 91.0 Å². The van der Waals surface area contributed by atoms with Gasteiger partial charge in [-0.05, 0) is 61.5 Å². The summed E-state index contributed by atoms with van der Waals surface area (Å²) >= 11 is 0. The number of unbranched alkanes of at least 4 members (excludes halogenated alkanes) is 1. The van der Waals surface area contributed by atoms with E-state index in [9.17, 15) is 9.59 Å². The van der Waals surface area contributed by atoms with Crippen LogP contribution in [0.25, 0.3) is 5.57 Å². The monoisotopic (exact) mass is 459 g/mol. The second kappa shape index (κ2) is 20.0. The number of aromatic amines is 1. The number of Topliss-reactive ketones (excluding diaryl/α,β-unsaturated/α-hetero) is 1. The van der Waals surface area contributed by atoms with E-state index in [2.05, 4.69) is 49.1 Å². The van der Waals surface area contributed by atoms with Crippen molar-refractivity contribution in [2.45, 2.75) is 79.6 Å². The Bertz CT molecular complexity index is 786. The minimum absolute atomic E-state index is 0.126. The molecule has 0 bridgehead atoms. The Morgan fingerprint density at radius 2 is 1.94 bits per heavy atom. The number of aliphatic imine (C=N–C) groups is 1. The first kappa shape index (κ1) is 32.6. The molecule has 1 aliphatic carbocycles. The van der Waals surface area contributed by atoms with Gasteiger partial charge in [0.1, 0.15) is 0 Å². The summed E-state index contributed by atoms with van der Waals surface area (Å²) in [5.74, 6) is 0.795. The highest BCUT2D eigenvalue weighted by atomic mass is 16.5. The molecule has 2 rings (SSSR count). The summed E-state index contributed by atoms with van der Waals surface area (Å²) in [5, 5.41) is 7.20. The summed E-state index contributed by atoms with van der Waals surface area (Å²) in [6.07, 6.45) is 7.99. The largest absolute Gasteiger partial charge is 0.378 e. The van der Waals surface area contributed by atoms with Crippen LogP contribution in [0.2, 0.25) is 0 Å². The van der Waals surface area contributed by atoms with Gasteiger partial charge < -0.3 is 4.74 Å². The van der Waals surface area contributed by atoms with Crippen molar-refractivity contribution in [3.05, 3.63) is 48.3 Å². The van der Waals surface area contributed by atoms with E-state index in [0.29, 0.717) is 18.9 Å². The molecule has 1 aromatic heterocycles. The van der Waals surface area contributed by atoms with Crippen LogP contribution in [0.15, 0.2) is 41.9 Å². The lowest BCUT2D eigenvalue weighted by Gasteiger charge is -2.04. The van der Waals surface area contributed by atoms with Gasteiger partial charge in [0.25, 0.3) is 0 Å². The number of hydrogen-bond acceptors (Lipinski definition) is 5. The minimum atomic E-state index is 0.126. The van der Waals surface area contributed by atoms with Crippen LogP contribution in [-0.2, 0) is 14.3 Å². The number of ketones is 2. The first-order valence-electron chi connectivity index (χ1n) is 11.8. The Balaban J connectivity index is 0. The first-order valence-corrected chi connectivity index (χ1v) is 11.8. The van der Waals surface area contributed by atoms with Gasteiger partial charge in [0.05, 0.1) is 18.0 Å². The number of nitrogens with one attached hydrogen (secondary N) is 1. The molecule has 1 N–H and O–H groups in total. The Kier molecular flexibility index (Phi) is 19.8. The van der Waals surface area contributed by atoms with E-state index >= 15 is 0 Å². The van der Waals surface area contributed by atoms with E-state index in [0.717, 1.165) is 53.9 Å². The minimum Gasteiger partial charge on any atom is -0.378 e. The Hall–Kier alpha value is -2.60. The molecule has 0 saturated heterocycles. The molecule has 1 aliphatic rings. The fraction of sp³-hybridized carbons (Fsp3) is 0.556. The van der Waals surface area contributed by atoms with Gasteiger partial charge in [-0.3, -0.25) is 19.7 Å². The molecule has 0 unspecified atom stereocenters. The Labute approximate surface area is 201 Å². The van der Waals surface area contributed by atoms with Gasteiger partial charge in [-0.1, -0.05) is 41.0 Å². The fourth-order valence-corrected chi connectivity index (χ4v) is 2.83. The average Bonchev–Trinajstić information content (AvgIpc) is 3.48. The summed E-state index contributed by atoms with van der Waals surface area (Å²) in [6.45, 7) is 18.4. The number of H-pyrrole nitrogens is 1. The van der Waals surface area contributed by atoms with Crippen LogP contribution in [0.4, 0.5) is 0 Å². The number of allylic oxidation sites excluding steroid dienone is 3.